The molecule has 1 rings (SSSR count). The number of nitrogens with zero attached hydrogens (tertiary/aromatic N) is 1. The molecular formula is C11H14ClNO4. The van der Waals surface area contributed by atoms with Gasteiger partial charge in [-0.2, -0.15) is 0 Å². The molecule has 1 heterocycles. The summed E-state index contributed by atoms with van der Waals surface area (Å²) in [6, 6.07) is 1.08. The van der Waals surface area contributed by atoms with Crippen LogP contribution < -0.4 is 0 Å². The first-order valence-electron chi connectivity index (χ1n) is 5.23. The van der Waals surface area contributed by atoms with Crippen molar-refractivity contribution in [3.63, 3.8) is 0 Å². The quantitative estimate of drug-likeness (QED) is 0.880. The van der Waals surface area contributed by atoms with Crippen molar-refractivity contribution in [1.82, 2.24) is 4.90 Å². The molecule has 0 aliphatic carbocycles. The largest absolute Gasteiger partial charge is 0.481 e. The lowest BCUT2D eigenvalue weighted by Gasteiger charge is -2.26. The van der Waals surface area contributed by atoms with Crippen LogP contribution >= 0.6 is 11.6 Å². The van der Waals surface area contributed by atoms with Crippen LogP contribution in [-0.4, -0.2) is 34.5 Å². The van der Waals surface area contributed by atoms with Crippen molar-refractivity contribution in [1.29, 1.82) is 0 Å². The number of rotatable bonds is 5. The predicted octanol–water partition coefficient (Wildman–Crippen LogP) is 2.26. The van der Waals surface area contributed by atoms with Crippen molar-refractivity contribution in [3.05, 3.63) is 23.1 Å². The Labute approximate surface area is 104 Å². The fraction of sp³-hybridized carbons (Fsp3) is 0.455. The Balaban J connectivity index is 2.84. The number of amides is 1. The summed E-state index contributed by atoms with van der Waals surface area (Å²) in [5.74, 6) is -1.26. The van der Waals surface area contributed by atoms with Crippen LogP contribution in [0.15, 0.2) is 16.7 Å². The summed E-state index contributed by atoms with van der Waals surface area (Å²) in [6.45, 7) is 3.88. The maximum Gasteiger partial charge on any atom is 0.305 e. The van der Waals surface area contributed by atoms with Gasteiger partial charge < -0.3 is 14.4 Å². The van der Waals surface area contributed by atoms with E-state index in [0.717, 1.165) is 0 Å². The van der Waals surface area contributed by atoms with Gasteiger partial charge in [0.05, 0.1) is 18.2 Å². The summed E-state index contributed by atoms with van der Waals surface area (Å²) in [6.07, 6.45) is 1.22. The van der Waals surface area contributed by atoms with Crippen LogP contribution in [0, 0.1) is 0 Å². The van der Waals surface area contributed by atoms with E-state index in [9.17, 15) is 9.59 Å². The van der Waals surface area contributed by atoms with Crippen molar-refractivity contribution in [2.24, 2.45) is 0 Å². The molecule has 0 spiro atoms. The molecule has 94 valence electrons. The first kappa shape index (κ1) is 13.6. The minimum Gasteiger partial charge on any atom is -0.481 e. The lowest BCUT2D eigenvalue weighted by molar-refractivity contribution is -0.138. The Morgan fingerprint density at radius 1 is 1.59 bits per heavy atom. The molecule has 1 unspecified atom stereocenters. The van der Waals surface area contributed by atoms with E-state index in [-0.39, 0.29) is 23.1 Å². The minimum absolute atomic E-state index is 0.0241. The lowest BCUT2D eigenvalue weighted by atomic mass is 10.1. The molecule has 17 heavy (non-hydrogen) atoms. The SMILES string of the molecule is CCN(C(=O)c1ccoc1Cl)C(C)CC(=O)O. The summed E-state index contributed by atoms with van der Waals surface area (Å²) in [4.78, 5) is 24.1. The molecule has 5 nitrogen and oxygen atoms in total. The van der Waals surface area contributed by atoms with Gasteiger partial charge in [0.15, 0.2) is 0 Å². The highest BCUT2D eigenvalue weighted by Gasteiger charge is 2.24. The van der Waals surface area contributed by atoms with Gasteiger partial charge in [0.25, 0.3) is 5.91 Å². The third-order valence-electron chi connectivity index (χ3n) is 2.45. The first-order valence-corrected chi connectivity index (χ1v) is 5.60. The zero-order chi connectivity index (χ0) is 13.0. The van der Waals surface area contributed by atoms with E-state index >= 15 is 0 Å². The van der Waals surface area contributed by atoms with E-state index in [1.54, 1.807) is 13.8 Å². The predicted molar refractivity (Wildman–Crippen MR) is 62.1 cm³/mol. The molecule has 0 aliphatic heterocycles. The highest BCUT2D eigenvalue weighted by atomic mass is 35.5. The van der Waals surface area contributed by atoms with Gasteiger partial charge in [0, 0.05) is 12.6 Å². The zero-order valence-electron chi connectivity index (χ0n) is 9.64. The van der Waals surface area contributed by atoms with Crippen molar-refractivity contribution in [3.8, 4) is 0 Å². The molecule has 0 saturated heterocycles. The molecule has 6 heteroatoms. The van der Waals surface area contributed by atoms with E-state index < -0.39 is 12.0 Å². The summed E-state index contributed by atoms with van der Waals surface area (Å²) >= 11 is 5.72. The highest BCUT2D eigenvalue weighted by Crippen LogP contribution is 2.20. The van der Waals surface area contributed by atoms with Gasteiger partial charge in [-0.15, -0.1) is 0 Å². The molecular weight excluding hydrogens is 246 g/mol. The normalized spacial score (nSPS) is 12.2. The van der Waals surface area contributed by atoms with E-state index in [2.05, 4.69) is 0 Å². The van der Waals surface area contributed by atoms with Crippen molar-refractivity contribution < 1.29 is 19.1 Å². The molecule has 0 fully saturated rings. The number of hydrogen-bond acceptors (Lipinski definition) is 3. The van der Waals surface area contributed by atoms with Gasteiger partial charge >= 0.3 is 5.97 Å². The van der Waals surface area contributed by atoms with Crippen molar-refractivity contribution in [2.75, 3.05) is 6.54 Å². The number of carbonyl (C=O) groups is 2. The molecule has 1 aromatic heterocycles. The maximum atomic E-state index is 12.1. The van der Waals surface area contributed by atoms with Crippen LogP contribution in [0.25, 0.3) is 0 Å². The van der Waals surface area contributed by atoms with E-state index in [1.165, 1.54) is 17.2 Å². The van der Waals surface area contributed by atoms with E-state index in [4.69, 9.17) is 21.1 Å². The number of halogens is 1. The average Bonchev–Trinajstić information content (AvgIpc) is 2.64. The average molecular weight is 260 g/mol. The molecule has 0 aromatic carbocycles. The molecule has 1 aromatic rings. The lowest BCUT2D eigenvalue weighted by Crippen LogP contribution is -2.39. The van der Waals surface area contributed by atoms with Gasteiger partial charge in [0.1, 0.15) is 0 Å². The van der Waals surface area contributed by atoms with Crippen molar-refractivity contribution >= 4 is 23.5 Å². The number of hydrogen-bond donors (Lipinski definition) is 1. The van der Waals surface area contributed by atoms with Crippen LogP contribution in [-0.2, 0) is 4.79 Å². The second kappa shape index (κ2) is 5.72. The molecule has 0 bridgehead atoms. The summed E-state index contributed by atoms with van der Waals surface area (Å²) in [7, 11) is 0. The van der Waals surface area contributed by atoms with Crippen LogP contribution in [0.4, 0.5) is 0 Å². The molecule has 0 aliphatic rings. The first-order chi connectivity index (χ1) is 7.97. The Hall–Kier alpha value is -1.49. The topological polar surface area (TPSA) is 70.8 Å². The Morgan fingerprint density at radius 3 is 2.65 bits per heavy atom. The van der Waals surface area contributed by atoms with Crippen LogP contribution in [0.5, 0.6) is 0 Å². The number of carboxylic acids is 1. The second-order valence-corrected chi connectivity index (χ2v) is 3.99. The monoisotopic (exact) mass is 259 g/mol. The third-order valence-corrected chi connectivity index (χ3v) is 2.74. The van der Waals surface area contributed by atoms with Crippen LogP contribution in [0.1, 0.15) is 30.6 Å². The fourth-order valence-electron chi connectivity index (χ4n) is 1.62. The van der Waals surface area contributed by atoms with Gasteiger partial charge in [-0.1, -0.05) is 0 Å². The zero-order valence-corrected chi connectivity index (χ0v) is 10.4. The van der Waals surface area contributed by atoms with Crippen LogP contribution in [0.3, 0.4) is 0 Å². The third kappa shape index (κ3) is 3.23. The van der Waals surface area contributed by atoms with Gasteiger partial charge in [-0.25, -0.2) is 0 Å². The Bertz CT molecular complexity index is 415. The van der Waals surface area contributed by atoms with Crippen molar-refractivity contribution in [2.45, 2.75) is 26.3 Å². The maximum absolute atomic E-state index is 12.1. The van der Waals surface area contributed by atoms with Gasteiger partial charge in [-0.3, -0.25) is 9.59 Å². The second-order valence-electron chi connectivity index (χ2n) is 3.65. The number of furan rings is 1. The van der Waals surface area contributed by atoms with Gasteiger partial charge in [0.2, 0.25) is 5.22 Å². The highest BCUT2D eigenvalue weighted by molar-refractivity contribution is 6.32. The fourth-order valence-corrected chi connectivity index (χ4v) is 1.81. The van der Waals surface area contributed by atoms with Gasteiger partial charge in [-0.05, 0) is 31.5 Å². The molecule has 1 amide bonds. The smallest absolute Gasteiger partial charge is 0.305 e. The minimum atomic E-state index is -0.943. The number of carboxylic acid groups (broad SMARTS) is 1. The Morgan fingerprint density at radius 2 is 2.24 bits per heavy atom. The molecule has 1 atom stereocenters. The summed E-state index contributed by atoms with van der Waals surface area (Å²) in [5.41, 5.74) is 0.255. The molecule has 0 saturated carbocycles. The number of carbonyl (C=O) groups excluding carboxylic acids is 1. The molecule has 0 radical (unpaired) electrons. The van der Waals surface area contributed by atoms with Crippen LogP contribution in [0.2, 0.25) is 5.22 Å². The molecule has 1 N–H and O–H groups in total. The summed E-state index contributed by atoms with van der Waals surface area (Å²) in [5, 5.41) is 8.74. The van der Waals surface area contributed by atoms with E-state index in [0.29, 0.717) is 6.54 Å². The standard InChI is InChI=1S/C11H14ClNO4/c1-3-13(7(2)6-9(14)15)11(16)8-4-5-17-10(8)12/h4-5,7H,3,6H2,1-2H3,(H,14,15). The van der Waals surface area contributed by atoms with E-state index in [1.807, 2.05) is 0 Å². The Kier molecular flexibility index (Phi) is 4.57. The number of aliphatic carboxylic acids is 1. The summed E-state index contributed by atoms with van der Waals surface area (Å²) < 4.78 is 4.84.